The number of unbranched alkanes of at least 4 members (excludes halogenated alkanes) is 2. The lowest BCUT2D eigenvalue weighted by Gasteiger charge is -2.17. The lowest BCUT2D eigenvalue weighted by molar-refractivity contribution is 0.104. The van der Waals surface area contributed by atoms with Crippen LogP contribution in [0.2, 0.25) is 0 Å². The summed E-state index contributed by atoms with van der Waals surface area (Å²) >= 11 is 0. The minimum absolute atomic E-state index is 0.181. The first kappa shape index (κ1) is 15.1. The van der Waals surface area contributed by atoms with Crippen LogP contribution in [0.25, 0.3) is 0 Å². The van der Waals surface area contributed by atoms with Gasteiger partial charge in [-0.1, -0.05) is 0 Å². The van der Waals surface area contributed by atoms with Gasteiger partial charge in [-0.05, 0) is 39.7 Å². The number of rotatable bonds is 9. The zero-order valence-corrected chi connectivity index (χ0v) is 10.7. The molecule has 0 saturated heterocycles. The Labute approximate surface area is 91.9 Å². The Hall–Kier alpha value is 0.0700. The number of nitrogens with two attached hydrogens (primary N) is 1. The van der Waals surface area contributed by atoms with Crippen LogP contribution in [-0.2, 0) is 18.1 Å². The van der Waals surface area contributed by atoms with Crippen molar-refractivity contribution in [1.82, 2.24) is 0 Å². The van der Waals surface area contributed by atoms with Crippen molar-refractivity contribution in [1.29, 1.82) is 0 Å². The molecule has 0 spiro atoms. The molecule has 0 aliphatic carbocycles. The Morgan fingerprint density at radius 2 is 1.93 bits per heavy atom. The third-order valence-electron chi connectivity index (χ3n) is 1.66. The minimum Gasteiger partial charge on any atom is -0.330 e. The first-order chi connectivity index (χ1) is 7.04. The van der Waals surface area contributed by atoms with Crippen molar-refractivity contribution in [2.45, 2.75) is 39.2 Å². The normalized spacial score (nSPS) is 15.5. The maximum Gasteiger partial charge on any atom is 0.474 e. The van der Waals surface area contributed by atoms with Crippen LogP contribution in [0.15, 0.2) is 0 Å². The molecule has 0 aromatic heterocycles. The quantitative estimate of drug-likeness (QED) is 0.494. The predicted molar refractivity (Wildman–Crippen MR) is 59.7 cm³/mol. The second-order valence-electron chi connectivity index (χ2n) is 3.47. The standard InChI is InChI=1S/C9H22NO4P/c1-9(2)14-15(11,12-3)13-8-6-4-5-7-10/h9H,4-8,10H2,1-3H3. The Kier molecular flexibility index (Phi) is 8.29. The molecule has 1 unspecified atom stereocenters. The maximum absolute atomic E-state index is 11.7. The van der Waals surface area contributed by atoms with Gasteiger partial charge >= 0.3 is 7.82 Å². The van der Waals surface area contributed by atoms with Gasteiger partial charge in [0.25, 0.3) is 0 Å². The molecular formula is C9H22NO4P. The molecule has 1 atom stereocenters. The average molecular weight is 239 g/mol. The van der Waals surface area contributed by atoms with E-state index < -0.39 is 7.82 Å². The molecule has 0 saturated carbocycles. The highest BCUT2D eigenvalue weighted by Gasteiger charge is 2.25. The summed E-state index contributed by atoms with van der Waals surface area (Å²) in [6.07, 6.45) is 2.54. The monoisotopic (exact) mass is 239 g/mol. The molecule has 0 bridgehead atoms. The molecule has 0 aliphatic heterocycles. The van der Waals surface area contributed by atoms with Crippen LogP contribution >= 0.6 is 7.82 Å². The molecule has 0 aromatic carbocycles. The number of phosphoric ester groups is 1. The molecule has 6 heteroatoms. The molecule has 2 N–H and O–H groups in total. The van der Waals surface area contributed by atoms with E-state index in [2.05, 4.69) is 0 Å². The summed E-state index contributed by atoms with van der Waals surface area (Å²) < 4.78 is 26.7. The summed E-state index contributed by atoms with van der Waals surface area (Å²) in [5.74, 6) is 0. The van der Waals surface area contributed by atoms with Crippen molar-refractivity contribution in [2.24, 2.45) is 5.73 Å². The third-order valence-corrected chi connectivity index (χ3v) is 3.29. The van der Waals surface area contributed by atoms with Gasteiger partial charge in [-0.2, -0.15) is 0 Å². The van der Waals surface area contributed by atoms with Crippen LogP contribution in [0.1, 0.15) is 33.1 Å². The van der Waals surface area contributed by atoms with Crippen LogP contribution in [-0.4, -0.2) is 26.4 Å². The Bertz CT molecular complexity index is 199. The van der Waals surface area contributed by atoms with Crippen LogP contribution in [0.3, 0.4) is 0 Å². The largest absolute Gasteiger partial charge is 0.474 e. The summed E-state index contributed by atoms with van der Waals surface area (Å²) in [5, 5.41) is 0. The lowest BCUT2D eigenvalue weighted by atomic mass is 10.2. The number of hydrogen-bond donors (Lipinski definition) is 1. The first-order valence-electron chi connectivity index (χ1n) is 5.23. The van der Waals surface area contributed by atoms with Crippen molar-refractivity contribution in [2.75, 3.05) is 20.3 Å². The predicted octanol–water partition coefficient (Wildman–Crippen LogP) is 2.31. The van der Waals surface area contributed by atoms with Crippen molar-refractivity contribution in [3.8, 4) is 0 Å². The lowest BCUT2D eigenvalue weighted by Crippen LogP contribution is -2.06. The second-order valence-corrected chi connectivity index (χ2v) is 5.20. The number of phosphoric acid groups is 1. The molecule has 0 rings (SSSR count). The third kappa shape index (κ3) is 7.94. The van der Waals surface area contributed by atoms with Gasteiger partial charge in [0, 0.05) is 7.11 Å². The van der Waals surface area contributed by atoms with Crippen molar-refractivity contribution in [3.05, 3.63) is 0 Å². The van der Waals surface area contributed by atoms with Gasteiger partial charge in [-0.25, -0.2) is 4.57 Å². The molecular weight excluding hydrogens is 217 g/mol. The fourth-order valence-electron chi connectivity index (χ4n) is 0.984. The second kappa shape index (κ2) is 8.25. The highest BCUT2D eigenvalue weighted by atomic mass is 31.2. The van der Waals surface area contributed by atoms with E-state index in [0.29, 0.717) is 13.2 Å². The highest BCUT2D eigenvalue weighted by Crippen LogP contribution is 2.49. The number of hydrogen-bond acceptors (Lipinski definition) is 5. The van der Waals surface area contributed by atoms with Crippen molar-refractivity contribution >= 4 is 7.82 Å². The fraction of sp³-hybridized carbons (Fsp3) is 1.00. The van der Waals surface area contributed by atoms with Gasteiger partial charge in [-0.3, -0.25) is 13.6 Å². The summed E-state index contributed by atoms with van der Waals surface area (Å²) in [6.45, 7) is 4.61. The summed E-state index contributed by atoms with van der Waals surface area (Å²) in [6, 6.07) is 0. The van der Waals surface area contributed by atoms with Crippen LogP contribution < -0.4 is 5.73 Å². The summed E-state index contributed by atoms with van der Waals surface area (Å²) in [5.41, 5.74) is 5.34. The van der Waals surface area contributed by atoms with E-state index in [1.54, 1.807) is 13.8 Å². The first-order valence-corrected chi connectivity index (χ1v) is 6.69. The van der Waals surface area contributed by atoms with Crippen molar-refractivity contribution in [3.63, 3.8) is 0 Å². The minimum atomic E-state index is -3.34. The van der Waals surface area contributed by atoms with Crippen LogP contribution in [0.4, 0.5) is 0 Å². The van der Waals surface area contributed by atoms with Gasteiger partial charge in [0.05, 0.1) is 12.7 Å². The van der Waals surface area contributed by atoms with E-state index in [9.17, 15) is 4.57 Å². The molecule has 0 heterocycles. The zero-order chi connectivity index (χ0) is 11.7. The summed E-state index contributed by atoms with van der Waals surface area (Å²) in [7, 11) is -2.01. The van der Waals surface area contributed by atoms with E-state index in [4.69, 9.17) is 19.3 Å². The molecule has 0 fully saturated rings. The smallest absolute Gasteiger partial charge is 0.330 e. The topological polar surface area (TPSA) is 70.8 Å². The fourth-order valence-corrected chi connectivity index (χ4v) is 2.11. The molecule has 5 nitrogen and oxygen atoms in total. The molecule has 0 radical (unpaired) electrons. The van der Waals surface area contributed by atoms with Crippen LogP contribution in [0.5, 0.6) is 0 Å². The average Bonchev–Trinajstić information content (AvgIpc) is 2.16. The van der Waals surface area contributed by atoms with Crippen LogP contribution in [0, 0.1) is 0 Å². The van der Waals surface area contributed by atoms with Crippen molar-refractivity contribution < 1.29 is 18.1 Å². The van der Waals surface area contributed by atoms with E-state index in [0.717, 1.165) is 19.3 Å². The van der Waals surface area contributed by atoms with Gasteiger partial charge < -0.3 is 5.73 Å². The van der Waals surface area contributed by atoms with E-state index >= 15 is 0 Å². The maximum atomic E-state index is 11.7. The molecule has 0 amide bonds. The SMILES string of the molecule is COP(=O)(OCCCCCN)OC(C)C. The Balaban J connectivity index is 3.73. The zero-order valence-electron chi connectivity index (χ0n) is 9.77. The molecule has 0 aromatic rings. The highest BCUT2D eigenvalue weighted by molar-refractivity contribution is 7.48. The van der Waals surface area contributed by atoms with Gasteiger partial charge in [0.2, 0.25) is 0 Å². The molecule has 15 heavy (non-hydrogen) atoms. The Morgan fingerprint density at radius 1 is 1.27 bits per heavy atom. The van der Waals surface area contributed by atoms with E-state index in [1.807, 2.05) is 0 Å². The molecule has 92 valence electrons. The summed E-state index contributed by atoms with van der Waals surface area (Å²) in [4.78, 5) is 0. The molecule has 0 aliphatic rings. The van der Waals surface area contributed by atoms with E-state index in [-0.39, 0.29) is 6.10 Å². The van der Waals surface area contributed by atoms with Gasteiger partial charge in [0.15, 0.2) is 0 Å². The van der Waals surface area contributed by atoms with Gasteiger partial charge in [0.1, 0.15) is 0 Å². The van der Waals surface area contributed by atoms with E-state index in [1.165, 1.54) is 7.11 Å². The van der Waals surface area contributed by atoms with Gasteiger partial charge in [-0.15, -0.1) is 0 Å². The Morgan fingerprint density at radius 3 is 2.40 bits per heavy atom.